The Kier molecular flexibility index (Phi) is 5.64. The van der Waals surface area contributed by atoms with Gasteiger partial charge in [0.15, 0.2) is 0 Å². The van der Waals surface area contributed by atoms with Crippen LogP contribution < -0.4 is 0 Å². The molecule has 0 bridgehead atoms. The predicted octanol–water partition coefficient (Wildman–Crippen LogP) is 2.68. The van der Waals surface area contributed by atoms with Gasteiger partial charge in [-0.25, -0.2) is 0 Å². The number of aliphatic hydroxyl groups is 1. The van der Waals surface area contributed by atoms with Crippen LogP contribution in [0.4, 0.5) is 0 Å². The molecule has 2 unspecified atom stereocenters. The fraction of sp³-hybridized carbons (Fsp3) is 0.933. The number of hydrogen-bond donors (Lipinski definition) is 1. The minimum atomic E-state index is 0.243. The van der Waals surface area contributed by atoms with Gasteiger partial charge in [-0.3, -0.25) is 4.79 Å². The Labute approximate surface area is 112 Å². The summed E-state index contributed by atoms with van der Waals surface area (Å²) in [6.07, 6.45) is 3.65. The molecule has 106 valence electrons. The molecule has 1 N–H and O–H groups in total. The van der Waals surface area contributed by atoms with E-state index in [-0.39, 0.29) is 6.61 Å². The van der Waals surface area contributed by atoms with Gasteiger partial charge in [-0.2, -0.15) is 0 Å². The van der Waals surface area contributed by atoms with Crippen LogP contribution in [0.1, 0.15) is 53.4 Å². The molecule has 3 heteroatoms. The summed E-state index contributed by atoms with van der Waals surface area (Å²) < 4.78 is 0. The Morgan fingerprint density at radius 1 is 1.44 bits per heavy atom. The molecule has 1 saturated heterocycles. The molecule has 1 amide bonds. The van der Waals surface area contributed by atoms with Crippen molar-refractivity contribution in [1.29, 1.82) is 0 Å². The van der Waals surface area contributed by atoms with E-state index in [0.717, 1.165) is 32.4 Å². The highest BCUT2D eigenvalue weighted by Crippen LogP contribution is 2.27. The predicted molar refractivity (Wildman–Crippen MR) is 74.2 cm³/mol. The third kappa shape index (κ3) is 5.38. The van der Waals surface area contributed by atoms with E-state index in [2.05, 4.69) is 27.7 Å². The molecule has 0 spiro atoms. The zero-order valence-corrected chi connectivity index (χ0v) is 12.4. The first-order valence-corrected chi connectivity index (χ1v) is 7.20. The lowest BCUT2D eigenvalue weighted by molar-refractivity contribution is -0.131. The van der Waals surface area contributed by atoms with Gasteiger partial charge in [0.25, 0.3) is 0 Å². The summed E-state index contributed by atoms with van der Waals surface area (Å²) in [7, 11) is 0. The van der Waals surface area contributed by atoms with Crippen LogP contribution >= 0.6 is 0 Å². The van der Waals surface area contributed by atoms with E-state index >= 15 is 0 Å². The quantitative estimate of drug-likeness (QED) is 0.820. The van der Waals surface area contributed by atoms with Gasteiger partial charge in [0.05, 0.1) is 0 Å². The highest BCUT2D eigenvalue weighted by molar-refractivity contribution is 5.76. The lowest BCUT2D eigenvalue weighted by Gasteiger charge is -2.25. The molecular weight excluding hydrogens is 226 g/mol. The summed E-state index contributed by atoms with van der Waals surface area (Å²) in [6.45, 7) is 10.8. The van der Waals surface area contributed by atoms with Crippen LogP contribution in [0.25, 0.3) is 0 Å². The molecule has 0 aromatic rings. The van der Waals surface area contributed by atoms with Crippen LogP contribution in [0, 0.1) is 17.3 Å². The molecule has 0 aliphatic carbocycles. The van der Waals surface area contributed by atoms with Crippen molar-refractivity contribution >= 4 is 5.91 Å². The van der Waals surface area contributed by atoms with E-state index in [0.29, 0.717) is 29.6 Å². The van der Waals surface area contributed by atoms with Crippen LogP contribution in [0.2, 0.25) is 0 Å². The van der Waals surface area contributed by atoms with Gasteiger partial charge < -0.3 is 10.0 Å². The summed E-state index contributed by atoms with van der Waals surface area (Å²) in [5.74, 6) is 1.26. The fourth-order valence-electron chi connectivity index (χ4n) is 3.02. The SMILES string of the molecule is CC(CC(=O)N1CCC(CCO)C1)CC(C)(C)C. The smallest absolute Gasteiger partial charge is 0.222 e. The molecule has 0 saturated carbocycles. The number of amides is 1. The van der Waals surface area contributed by atoms with Crippen molar-refractivity contribution in [2.45, 2.75) is 53.4 Å². The van der Waals surface area contributed by atoms with Gasteiger partial charge in [-0.15, -0.1) is 0 Å². The molecular formula is C15H29NO2. The number of carbonyl (C=O) groups is 1. The zero-order valence-electron chi connectivity index (χ0n) is 12.4. The van der Waals surface area contributed by atoms with E-state index in [4.69, 9.17) is 5.11 Å². The second-order valence-corrected chi connectivity index (χ2v) is 7.08. The molecule has 0 radical (unpaired) electrons. The lowest BCUT2D eigenvalue weighted by Crippen LogP contribution is -2.30. The van der Waals surface area contributed by atoms with E-state index in [1.165, 1.54) is 0 Å². The summed E-state index contributed by atoms with van der Waals surface area (Å²) in [5.41, 5.74) is 0.296. The first-order chi connectivity index (χ1) is 8.31. The van der Waals surface area contributed by atoms with Crippen molar-refractivity contribution in [3.63, 3.8) is 0 Å². The van der Waals surface area contributed by atoms with Gasteiger partial charge in [-0.1, -0.05) is 27.7 Å². The first kappa shape index (κ1) is 15.5. The minimum Gasteiger partial charge on any atom is -0.396 e. The molecule has 3 nitrogen and oxygen atoms in total. The second kappa shape index (κ2) is 6.55. The van der Waals surface area contributed by atoms with E-state index in [1.807, 2.05) is 4.90 Å². The van der Waals surface area contributed by atoms with Crippen molar-refractivity contribution < 1.29 is 9.90 Å². The van der Waals surface area contributed by atoms with E-state index in [1.54, 1.807) is 0 Å². The van der Waals surface area contributed by atoms with Crippen LogP contribution in [-0.2, 0) is 4.79 Å². The number of likely N-dealkylation sites (tertiary alicyclic amines) is 1. The fourth-order valence-corrected chi connectivity index (χ4v) is 3.02. The molecule has 1 aliphatic heterocycles. The van der Waals surface area contributed by atoms with Crippen molar-refractivity contribution in [3.05, 3.63) is 0 Å². The third-order valence-electron chi connectivity index (χ3n) is 3.66. The number of carbonyl (C=O) groups excluding carboxylic acids is 1. The number of rotatable bonds is 5. The highest BCUT2D eigenvalue weighted by Gasteiger charge is 2.27. The van der Waals surface area contributed by atoms with Gasteiger partial charge >= 0.3 is 0 Å². The maximum Gasteiger partial charge on any atom is 0.222 e. The highest BCUT2D eigenvalue weighted by atomic mass is 16.3. The summed E-state index contributed by atoms with van der Waals surface area (Å²) in [4.78, 5) is 14.1. The normalized spacial score (nSPS) is 22.3. The molecule has 0 aromatic heterocycles. The molecule has 1 fully saturated rings. The van der Waals surface area contributed by atoms with Crippen LogP contribution in [0.3, 0.4) is 0 Å². The topological polar surface area (TPSA) is 40.5 Å². The standard InChI is InChI=1S/C15H29NO2/c1-12(10-15(2,3)4)9-14(18)16-7-5-13(11-16)6-8-17/h12-13,17H,5-11H2,1-4H3. The summed E-state index contributed by atoms with van der Waals surface area (Å²) >= 11 is 0. The zero-order chi connectivity index (χ0) is 13.8. The van der Waals surface area contributed by atoms with Crippen molar-refractivity contribution in [1.82, 2.24) is 4.90 Å². The number of aliphatic hydroxyl groups excluding tert-OH is 1. The van der Waals surface area contributed by atoms with Crippen LogP contribution in [-0.4, -0.2) is 35.6 Å². The maximum absolute atomic E-state index is 12.2. The summed E-state index contributed by atoms with van der Waals surface area (Å²) in [5, 5.41) is 8.92. The van der Waals surface area contributed by atoms with Gasteiger partial charge in [0, 0.05) is 26.1 Å². The van der Waals surface area contributed by atoms with Gasteiger partial charge in [0.1, 0.15) is 0 Å². The van der Waals surface area contributed by atoms with Crippen LogP contribution in [0.5, 0.6) is 0 Å². The Morgan fingerprint density at radius 2 is 2.11 bits per heavy atom. The van der Waals surface area contributed by atoms with Crippen molar-refractivity contribution in [2.24, 2.45) is 17.3 Å². The third-order valence-corrected chi connectivity index (χ3v) is 3.66. The monoisotopic (exact) mass is 255 g/mol. The Morgan fingerprint density at radius 3 is 2.67 bits per heavy atom. The lowest BCUT2D eigenvalue weighted by atomic mass is 9.84. The molecule has 1 aliphatic rings. The molecule has 0 aromatic carbocycles. The number of nitrogens with zero attached hydrogens (tertiary/aromatic N) is 1. The average Bonchev–Trinajstić information content (AvgIpc) is 2.63. The van der Waals surface area contributed by atoms with Crippen LogP contribution in [0.15, 0.2) is 0 Å². The first-order valence-electron chi connectivity index (χ1n) is 7.20. The summed E-state index contributed by atoms with van der Waals surface area (Å²) in [6, 6.07) is 0. The second-order valence-electron chi connectivity index (χ2n) is 7.08. The molecule has 1 rings (SSSR count). The Hall–Kier alpha value is -0.570. The molecule has 1 heterocycles. The van der Waals surface area contributed by atoms with E-state index < -0.39 is 0 Å². The van der Waals surface area contributed by atoms with Gasteiger partial charge in [0.2, 0.25) is 5.91 Å². The average molecular weight is 255 g/mol. The largest absolute Gasteiger partial charge is 0.396 e. The van der Waals surface area contributed by atoms with Crippen molar-refractivity contribution in [2.75, 3.05) is 19.7 Å². The van der Waals surface area contributed by atoms with Crippen molar-refractivity contribution in [3.8, 4) is 0 Å². The Balaban J connectivity index is 2.33. The molecule has 18 heavy (non-hydrogen) atoms. The number of hydrogen-bond acceptors (Lipinski definition) is 2. The Bertz CT molecular complexity index is 270. The van der Waals surface area contributed by atoms with E-state index in [9.17, 15) is 4.79 Å². The van der Waals surface area contributed by atoms with Gasteiger partial charge in [-0.05, 0) is 36.5 Å². The maximum atomic E-state index is 12.2. The molecule has 2 atom stereocenters. The minimum absolute atomic E-state index is 0.243.